The molecule has 3 rings (SSSR count). The Morgan fingerprint density at radius 3 is 2.60 bits per heavy atom. The fraction of sp³-hybridized carbons (Fsp3) is 0.176. The molecule has 0 spiro atoms. The monoisotopic (exact) mass is 267 g/mol. The second-order valence-electron chi connectivity index (χ2n) is 4.19. The van der Waals surface area contributed by atoms with Gasteiger partial charge in [0.15, 0.2) is 1.41 Å². The molecule has 1 N–H and O–H groups in total. The Morgan fingerprint density at radius 2 is 1.85 bits per heavy atom. The SMILES string of the molecule is CC.[2H]n1cnc2ccc(Cc3ccccc3)cc2c1=O. The summed E-state index contributed by atoms with van der Waals surface area (Å²) in [6.45, 7) is 4.00. The van der Waals surface area contributed by atoms with E-state index in [0.717, 1.165) is 17.0 Å². The van der Waals surface area contributed by atoms with E-state index in [9.17, 15) is 4.79 Å². The van der Waals surface area contributed by atoms with Gasteiger partial charge in [-0.05, 0) is 29.7 Å². The molecule has 2 aromatic carbocycles. The third-order valence-electron chi connectivity index (χ3n) is 2.91. The summed E-state index contributed by atoms with van der Waals surface area (Å²) >= 11 is 0. The fourth-order valence-electron chi connectivity index (χ4n) is 2.02. The summed E-state index contributed by atoms with van der Waals surface area (Å²) in [6.07, 6.45) is 1.99. The maximum Gasteiger partial charge on any atom is 0.258 e. The van der Waals surface area contributed by atoms with Gasteiger partial charge in [0, 0.05) is 0 Å². The van der Waals surface area contributed by atoms with Gasteiger partial charge in [0.2, 0.25) is 0 Å². The van der Waals surface area contributed by atoms with Crippen molar-refractivity contribution in [1.82, 2.24) is 9.96 Å². The molecule has 0 fully saturated rings. The zero-order chi connectivity index (χ0) is 15.2. The van der Waals surface area contributed by atoms with Gasteiger partial charge < -0.3 is 4.98 Å². The lowest BCUT2D eigenvalue weighted by Crippen LogP contribution is -2.06. The number of benzene rings is 2. The van der Waals surface area contributed by atoms with Crippen LogP contribution in [-0.2, 0) is 6.42 Å². The number of nitrogens with one attached hydrogen (secondary N) is 1. The molecule has 3 heteroatoms. The molecule has 0 aliphatic carbocycles. The summed E-state index contributed by atoms with van der Waals surface area (Å²) in [5.74, 6) is 0. The van der Waals surface area contributed by atoms with Gasteiger partial charge in [-0.2, -0.15) is 0 Å². The molecule has 20 heavy (non-hydrogen) atoms. The molecule has 1 heterocycles. The number of H-pyrrole nitrogens is 1. The lowest BCUT2D eigenvalue weighted by Gasteiger charge is -2.03. The number of hydrogen-bond donors (Lipinski definition) is 1. The average molecular weight is 267 g/mol. The maximum absolute atomic E-state index is 11.9. The third-order valence-corrected chi connectivity index (χ3v) is 2.91. The highest BCUT2D eigenvalue weighted by Gasteiger charge is 2.01. The number of hydrogen-bond acceptors (Lipinski definition) is 2. The molecule has 3 nitrogen and oxygen atoms in total. The summed E-state index contributed by atoms with van der Waals surface area (Å²) in [5, 5.41) is 0.492. The van der Waals surface area contributed by atoms with Crippen LogP contribution in [0.15, 0.2) is 59.7 Å². The Kier molecular flexibility index (Phi) is 4.20. The molecule has 0 saturated heterocycles. The predicted molar refractivity (Wildman–Crippen MR) is 83.0 cm³/mol. The van der Waals surface area contributed by atoms with Crippen LogP contribution in [0, 0.1) is 0 Å². The van der Waals surface area contributed by atoms with E-state index < -0.39 is 0 Å². The summed E-state index contributed by atoms with van der Waals surface area (Å²) < 4.78 is 7.43. The number of aromatic nitrogens is 2. The van der Waals surface area contributed by atoms with Crippen LogP contribution in [-0.4, -0.2) is 9.96 Å². The summed E-state index contributed by atoms with van der Waals surface area (Å²) in [6, 6.07) is 15.7. The predicted octanol–water partition coefficient (Wildman–Crippen LogP) is 3.54. The summed E-state index contributed by atoms with van der Waals surface area (Å²) in [5.41, 5.74) is 2.53. The number of fused-ring (bicyclic) bond motifs is 1. The molecule has 0 aliphatic heterocycles. The summed E-state index contributed by atoms with van der Waals surface area (Å²) in [7, 11) is 0. The van der Waals surface area contributed by atoms with E-state index >= 15 is 0 Å². The van der Waals surface area contributed by atoms with Crippen LogP contribution < -0.4 is 5.56 Å². The van der Waals surface area contributed by atoms with Crippen LogP contribution in [0.4, 0.5) is 0 Å². The third kappa shape index (κ3) is 3.12. The Morgan fingerprint density at radius 1 is 1.10 bits per heavy atom. The van der Waals surface area contributed by atoms with E-state index in [1.54, 1.807) is 0 Å². The normalized spacial score (nSPS) is 10.6. The quantitative estimate of drug-likeness (QED) is 0.772. The van der Waals surface area contributed by atoms with Crippen molar-refractivity contribution in [2.75, 3.05) is 0 Å². The van der Waals surface area contributed by atoms with Gasteiger partial charge in [-0.1, -0.05) is 50.2 Å². The highest BCUT2D eigenvalue weighted by molar-refractivity contribution is 5.77. The van der Waals surface area contributed by atoms with Gasteiger partial charge in [-0.3, -0.25) is 4.79 Å². The molecule has 102 valence electrons. The number of nitrogens with zero attached hydrogens (tertiary/aromatic N) is 1. The molecular formula is C17H18N2O. The van der Waals surface area contributed by atoms with Crippen LogP contribution in [0.5, 0.6) is 0 Å². The van der Waals surface area contributed by atoms with Crippen LogP contribution in [0.25, 0.3) is 10.9 Å². The molecule has 0 amide bonds. The smallest absolute Gasteiger partial charge is 0.258 e. The van der Waals surface area contributed by atoms with Crippen LogP contribution in [0.2, 0.25) is 1.41 Å². The van der Waals surface area contributed by atoms with Crippen molar-refractivity contribution in [3.05, 3.63) is 76.3 Å². The van der Waals surface area contributed by atoms with Crippen molar-refractivity contribution in [1.29, 1.82) is 0 Å². The fourth-order valence-corrected chi connectivity index (χ4v) is 2.02. The molecule has 1 aromatic heterocycles. The van der Waals surface area contributed by atoms with Crippen LogP contribution >= 0.6 is 0 Å². The Hall–Kier alpha value is -2.42. The molecule has 3 aromatic rings. The largest absolute Gasteiger partial charge is 0.313 e. The molecule has 0 aliphatic rings. The molecule has 0 atom stereocenters. The number of rotatable bonds is 2. The molecule has 0 radical (unpaired) electrons. The minimum atomic E-state index is -0.333. The van der Waals surface area contributed by atoms with Gasteiger partial charge in [0.1, 0.15) is 0 Å². The lowest BCUT2D eigenvalue weighted by atomic mass is 10.0. The highest BCUT2D eigenvalue weighted by Crippen LogP contribution is 2.13. The second-order valence-corrected chi connectivity index (χ2v) is 4.19. The van der Waals surface area contributed by atoms with Crippen molar-refractivity contribution in [2.45, 2.75) is 20.3 Å². The van der Waals surface area contributed by atoms with Crippen molar-refractivity contribution >= 4 is 10.9 Å². The summed E-state index contributed by atoms with van der Waals surface area (Å²) in [4.78, 5) is 16.7. The van der Waals surface area contributed by atoms with E-state index in [0.29, 0.717) is 10.9 Å². The standard InChI is InChI=1S/C15H12N2O.C2H6/c18-15-13-9-12(6-7-14(13)16-10-17-15)8-11-4-2-1-3-5-11;1-2/h1-7,9-10H,8H2,(H,16,17,18);1-2H3/i/hD. The van der Waals surface area contributed by atoms with Gasteiger partial charge in [-0.15, -0.1) is 0 Å². The minimum Gasteiger partial charge on any atom is -0.313 e. The topological polar surface area (TPSA) is 45.8 Å². The minimum absolute atomic E-state index is 0.333. The van der Waals surface area contributed by atoms with Crippen LogP contribution in [0.3, 0.4) is 0 Å². The zero-order valence-corrected chi connectivity index (χ0v) is 11.7. The molecule has 0 saturated carbocycles. The van der Waals surface area contributed by atoms with E-state index in [1.807, 2.05) is 50.2 Å². The molecule has 0 bridgehead atoms. The van der Waals surface area contributed by atoms with Crippen molar-refractivity contribution in [2.24, 2.45) is 0 Å². The van der Waals surface area contributed by atoms with Gasteiger partial charge in [0.05, 0.1) is 17.2 Å². The van der Waals surface area contributed by atoms with Crippen molar-refractivity contribution in [3.8, 4) is 0 Å². The van der Waals surface area contributed by atoms with Gasteiger partial charge in [0.25, 0.3) is 5.56 Å². The Bertz CT molecular complexity index is 782. The molecule has 0 unspecified atom stereocenters. The van der Waals surface area contributed by atoms with Gasteiger partial charge >= 0.3 is 0 Å². The first-order chi connectivity index (χ1) is 10.2. The Labute approximate surface area is 119 Å². The Balaban J connectivity index is 0.000000774. The van der Waals surface area contributed by atoms with E-state index in [1.165, 1.54) is 11.9 Å². The average Bonchev–Trinajstić information content (AvgIpc) is 2.54. The van der Waals surface area contributed by atoms with Crippen molar-refractivity contribution in [3.63, 3.8) is 0 Å². The van der Waals surface area contributed by atoms with E-state index in [2.05, 4.69) is 17.1 Å². The van der Waals surface area contributed by atoms with E-state index in [-0.39, 0.29) is 5.56 Å². The van der Waals surface area contributed by atoms with E-state index in [4.69, 9.17) is 1.41 Å². The maximum atomic E-state index is 11.9. The van der Waals surface area contributed by atoms with Crippen LogP contribution in [0.1, 0.15) is 25.0 Å². The molecular weight excluding hydrogens is 248 g/mol. The second kappa shape index (κ2) is 6.66. The number of aromatic amines is 1. The zero-order valence-electron chi connectivity index (χ0n) is 12.7. The lowest BCUT2D eigenvalue weighted by molar-refractivity contribution is 1.15. The highest BCUT2D eigenvalue weighted by atomic mass is 16.1. The first-order valence-corrected chi connectivity index (χ1v) is 6.77. The first-order valence-electron chi connectivity index (χ1n) is 7.22. The van der Waals surface area contributed by atoms with Gasteiger partial charge in [-0.25, -0.2) is 4.98 Å². The van der Waals surface area contributed by atoms with Crippen molar-refractivity contribution < 1.29 is 1.41 Å². The first kappa shape index (κ1) is 12.6.